The molecule has 0 saturated carbocycles. The van der Waals surface area contributed by atoms with Crippen LogP contribution in [0.5, 0.6) is 0 Å². The molecule has 1 aromatic rings. The van der Waals surface area contributed by atoms with E-state index >= 15 is 0 Å². The molecule has 128 valence electrons. The molecule has 2 fully saturated rings. The molecule has 0 spiro atoms. The van der Waals surface area contributed by atoms with Crippen LogP contribution in [0.15, 0.2) is 6.20 Å². The highest BCUT2D eigenvalue weighted by atomic mass is 16.5. The zero-order valence-electron chi connectivity index (χ0n) is 13.5. The van der Waals surface area contributed by atoms with Gasteiger partial charge >= 0.3 is 0 Å². The first kappa shape index (κ1) is 15.3. The third kappa shape index (κ3) is 2.93. The number of rotatable bonds is 2. The van der Waals surface area contributed by atoms with E-state index in [4.69, 9.17) is 4.74 Å². The van der Waals surface area contributed by atoms with Crippen molar-refractivity contribution in [3.8, 4) is 0 Å². The van der Waals surface area contributed by atoms with Gasteiger partial charge in [-0.25, -0.2) is 9.97 Å². The summed E-state index contributed by atoms with van der Waals surface area (Å²) in [7, 11) is 0. The standard InChI is InChI=1S/C16H21N5O3/c22-14-2-1-13(18-14)15(23)20-4-6-21(7-5-20)16-17-9-11-10-24-8-3-12(11)19-16/h9,13H,1-8,10H2,(H,18,22). The fraction of sp³-hybridized carbons (Fsp3) is 0.625. The van der Waals surface area contributed by atoms with E-state index in [0.717, 1.165) is 23.6 Å². The van der Waals surface area contributed by atoms with Gasteiger partial charge < -0.3 is 19.9 Å². The van der Waals surface area contributed by atoms with Crippen LogP contribution >= 0.6 is 0 Å². The number of hydrogen-bond donors (Lipinski definition) is 1. The van der Waals surface area contributed by atoms with Crippen molar-refractivity contribution in [2.75, 3.05) is 37.7 Å². The Balaban J connectivity index is 1.37. The Labute approximate surface area is 140 Å². The van der Waals surface area contributed by atoms with Crippen LogP contribution in [0.1, 0.15) is 24.1 Å². The van der Waals surface area contributed by atoms with E-state index < -0.39 is 0 Å². The molecular weight excluding hydrogens is 310 g/mol. The Kier molecular flexibility index (Phi) is 4.05. The molecule has 2 saturated heterocycles. The van der Waals surface area contributed by atoms with Gasteiger partial charge in [0, 0.05) is 50.8 Å². The van der Waals surface area contributed by atoms with Crippen molar-refractivity contribution < 1.29 is 14.3 Å². The zero-order valence-corrected chi connectivity index (χ0v) is 13.5. The van der Waals surface area contributed by atoms with Gasteiger partial charge in [-0.1, -0.05) is 0 Å². The van der Waals surface area contributed by atoms with E-state index in [1.165, 1.54) is 0 Å². The molecule has 4 rings (SSSR count). The number of hydrogen-bond acceptors (Lipinski definition) is 6. The van der Waals surface area contributed by atoms with Crippen LogP contribution in [0, 0.1) is 0 Å². The number of nitrogens with one attached hydrogen (secondary N) is 1. The second kappa shape index (κ2) is 6.35. The largest absolute Gasteiger partial charge is 0.376 e. The average Bonchev–Trinajstić information content (AvgIpc) is 3.07. The highest BCUT2D eigenvalue weighted by Crippen LogP contribution is 2.19. The lowest BCUT2D eigenvalue weighted by molar-refractivity contribution is -0.134. The molecule has 24 heavy (non-hydrogen) atoms. The van der Waals surface area contributed by atoms with Gasteiger partial charge in [0.15, 0.2) is 0 Å². The van der Waals surface area contributed by atoms with E-state index in [-0.39, 0.29) is 17.9 Å². The molecule has 8 heteroatoms. The highest BCUT2D eigenvalue weighted by Gasteiger charge is 2.32. The normalized spacial score (nSPS) is 23.8. The number of carbonyl (C=O) groups is 2. The smallest absolute Gasteiger partial charge is 0.245 e. The van der Waals surface area contributed by atoms with E-state index in [1.807, 2.05) is 11.1 Å². The van der Waals surface area contributed by atoms with Gasteiger partial charge in [0.25, 0.3) is 0 Å². The Bertz CT molecular complexity index is 657. The van der Waals surface area contributed by atoms with Crippen molar-refractivity contribution in [3.63, 3.8) is 0 Å². The van der Waals surface area contributed by atoms with Crippen molar-refractivity contribution in [1.82, 2.24) is 20.2 Å². The van der Waals surface area contributed by atoms with Gasteiger partial charge in [-0.05, 0) is 6.42 Å². The van der Waals surface area contributed by atoms with Gasteiger partial charge in [-0.3, -0.25) is 9.59 Å². The van der Waals surface area contributed by atoms with Crippen molar-refractivity contribution in [2.45, 2.75) is 31.9 Å². The monoisotopic (exact) mass is 331 g/mol. The third-order valence-electron chi connectivity index (χ3n) is 4.85. The van der Waals surface area contributed by atoms with Crippen LogP contribution in [0.2, 0.25) is 0 Å². The molecule has 0 aliphatic carbocycles. The predicted octanol–water partition coefficient (Wildman–Crippen LogP) is -0.523. The van der Waals surface area contributed by atoms with E-state index in [9.17, 15) is 9.59 Å². The summed E-state index contributed by atoms with van der Waals surface area (Å²) in [6.45, 7) is 3.98. The number of carbonyl (C=O) groups excluding carboxylic acids is 2. The van der Waals surface area contributed by atoms with Gasteiger partial charge in [0.1, 0.15) is 6.04 Å². The SMILES string of the molecule is O=C1CCC(C(=O)N2CCN(c3ncc4c(n3)CCOC4)CC2)N1. The molecule has 3 aliphatic heterocycles. The lowest BCUT2D eigenvalue weighted by Crippen LogP contribution is -2.53. The topological polar surface area (TPSA) is 87.7 Å². The minimum absolute atomic E-state index is 0.0292. The summed E-state index contributed by atoms with van der Waals surface area (Å²) in [5.41, 5.74) is 2.13. The summed E-state index contributed by atoms with van der Waals surface area (Å²) in [5.74, 6) is 0.736. The second-order valence-corrected chi connectivity index (χ2v) is 6.42. The molecule has 2 amide bonds. The first-order chi connectivity index (χ1) is 11.7. The molecule has 1 atom stereocenters. The van der Waals surface area contributed by atoms with Crippen molar-refractivity contribution in [1.29, 1.82) is 0 Å². The minimum Gasteiger partial charge on any atom is -0.376 e. The Morgan fingerprint density at radius 1 is 1.25 bits per heavy atom. The lowest BCUT2D eigenvalue weighted by Gasteiger charge is -2.36. The maximum atomic E-state index is 12.4. The minimum atomic E-state index is -0.343. The molecule has 1 aromatic heterocycles. The summed E-state index contributed by atoms with van der Waals surface area (Å²) in [4.78, 5) is 36.8. The summed E-state index contributed by atoms with van der Waals surface area (Å²) >= 11 is 0. The first-order valence-electron chi connectivity index (χ1n) is 8.46. The van der Waals surface area contributed by atoms with Crippen molar-refractivity contribution in [3.05, 3.63) is 17.5 Å². The number of fused-ring (bicyclic) bond motifs is 1. The van der Waals surface area contributed by atoms with Crippen LogP contribution in [-0.4, -0.2) is 65.5 Å². The highest BCUT2D eigenvalue weighted by molar-refractivity contribution is 5.90. The molecule has 0 radical (unpaired) electrons. The van der Waals surface area contributed by atoms with Gasteiger partial charge in [0.2, 0.25) is 17.8 Å². The quantitative estimate of drug-likeness (QED) is 0.784. The molecule has 1 unspecified atom stereocenters. The van der Waals surface area contributed by atoms with Crippen molar-refractivity contribution in [2.24, 2.45) is 0 Å². The average molecular weight is 331 g/mol. The fourth-order valence-electron chi connectivity index (χ4n) is 3.42. The Hall–Kier alpha value is -2.22. The maximum absolute atomic E-state index is 12.4. The number of ether oxygens (including phenoxy) is 1. The van der Waals surface area contributed by atoms with Crippen LogP contribution in [0.4, 0.5) is 5.95 Å². The molecule has 0 aromatic carbocycles. The summed E-state index contributed by atoms with van der Waals surface area (Å²) in [6, 6.07) is -0.343. The first-order valence-corrected chi connectivity index (χ1v) is 8.46. The summed E-state index contributed by atoms with van der Waals surface area (Å²) < 4.78 is 5.41. The molecule has 4 heterocycles. The predicted molar refractivity (Wildman–Crippen MR) is 85.3 cm³/mol. The number of anilines is 1. The number of nitrogens with zero attached hydrogens (tertiary/aromatic N) is 4. The van der Waals surface area contributed by atoms with Gasteiger partial charge in [-0.15, -0.1) is 0 Å². The van der Waals surface area contributed by atoms with Crippen LogP contribution in [0.25, 0.3) is 0 Å². The Morgan fingerprint density at radius 3 is 2.83 bits per heavy atom. The number of amides is 2. The summed E-state index contributed by atoms with van der Waals surface area (Å²) in [6.07, 6.45) is 3.73. The molecule has 3 aliphatic rings. The van der Waals surface area contributed by atoms with Crippen molar-refractivity contribution >= 4 is 17.8 Å². The maximum Gasteiger partial charge on any atom is 0.245 e. The second-order valence-electron chi connectivity index (χ2n) is 6.42. The van der Waals surface area contributed by atoms with E-state index in [0.29, 0.717) is 52.2 Å². The number of piperazine rings is 1. The van der Waals surface area contributed by atoms with Crippen LogP contribution in [-0.2, 0) is 27.4 Å². The van der Waals surface area contributed by atoms with Gasteiger partial charge in [-0.2, -0.15) is 0 Å². The van der Waals surface area contributed by atoms with Crippen LogP contribution < -0.4 is 10.2 Å². The lowest BCUT2D eigenvalue weighted by atomic mass is 10.1. The third-order valence-corrected chi connectivity index (χ3v) is 4.85. The zero-order chi connectivity index (χ0) is 16.5. The molecule has 8 nitrogen and oxygen atoms in total. The van der Waals surface area contributed by atoms with E-state index in [2.05, 4.69) is 20.2 Å². The van der Waals surface area contributed by atoms with Gasteiger partial charge in [0.05, 0.1) is 18.9 Å². The summed E-state index contributed by atoms with van der Waals surface area (Å²) in [5, 5.41) is 2.75. The molecule has 0 bridgehead atoms. The molecular formula is C16H21N5O3. The van der Waals surface area contributed by atoms with Crippen LogP contribution in [0.3, 0.4) is 0 Å². The Morgan fingerprint density at radius 2 is 2.08 bits per heavy atom. The van der Waals surface area contributed by atoms with E-state index in [1.54, 1.807) is 0 Å². The fourth-order valence-corrected chi connectivity index (χ4v) is 3.42. The number of aromatic nitrogens is 2. The molecule has 1 N–H and O–H groups in total.